The summed E-state index contributed by atoms with van der Waals surface area (Å²) in [4.78, 5) is 18.1. The van der Waals surface area contributed by atoms with Crippen molar-refractivity contribution in [2.75, 3.05) is 11.5 Å². The second kappa shape index (κ2) is 8.77. The number of alkyl halides is 3. The van der Waals surface area contributed by atoms with Gasteiger partial charge in [0.25, 0.3) is 5.60 Å². The molecule has 2 aliphatic rings. The number of ketones is 1. The van der Waals surface area contributed by atoms with Crippen LogP contribution >= 0.6 is 35.0 Å². The molecule has 1 atom stereocenters. The lowest BCUT2D eigenvalue weighted by atomic mass is 9.85. The minimum Gasteiger partial charge on any atom is -0.374 e. The summed E-state index contributed by atoms with van der Waals surface area (Å²) in [5, 5.41) is 5.36. The number of hydrogen-bond acceptors (Lipinski definition) is 4. The monoisotopic (exact) mass is 523 g/mol. The first-order valence-corrected chi connectivity index (χ1v) is 12.5. The van der Waals surface area contributed by atoms with Crippen molar-refractivity contribution < 1.29 is 22.8 Å². The highest BCUT2D eigenvalue weighted by atomic mass is 35.5. The van der Waals surface area contributed by atoms with Gasteiger partial charge in [0.1, 0.15) is 0 Å². The van der Waals surface area contributed by atoms with Gasteiger partial charge in [-0.3, -0.25) is 4.79 Å². The van der Waals surface area contributed by atoms with Crippen LogP contribution in [0.25, 0.3) is 10.8 Å². The van der Waals surface area contributed by atoms with Gasteiger partial charge in [-0.1, -0.05) is 64.8 Å². The van der Waals surface area contributed by atoms with Crippen LogP contribution in [0.3, 0.4) is 0 Å². The van der Waals surface area contributed by atoms with Gasteiger partial charge in [-0.15, -0.1) is 0 Å². The van der Waals surface area contributed by atoms with Gasteiger partial charge in [-0.2, -0.15) is 24.9 Å². The molecule has 1 saturated heterocycles. The fraction of sp³-hybridized carbons (Fsp3) is 0.280. The molecule has 0 aromatic heterocycles. The minimum absolute atomic E-state index is 0.0378. The summed E-state index contributed by atoms with van der Waals surface area (Å²) in [5.74, 6) is 2.36. The van der Waals surface area contributed by atoms with Crippen molar-refractivity contribution >= 4 is 57.2 Å². The third-order valence-electron chi connectivity index (χ3n) is 6.23. The highest BCUT2D eigenvalue weighted by molar-refractivity contribution is 8.00. The van der Waals surface area contributed by atoms with Crippen LogP contribution in [-0.4, -0.2) is 29.2 Å². The van der Waals surface area contributed by atoms with Gasteiger partial charge in [0.15, 0.2) is 5.78 Å². The lowest BCUT2D eigenvalue weighted by molar-refractivity contribution is -0.275. The molecule has 0 bridgehead atoms. The third kappa shape index (κ3) is 4.08. The Balaban J connectivity index is 1.54. The topological polar surface area (TPSA) is 38.7 Å². The number of carbonyl (C=O) groups is 1. The third-order valence-corrected chi connectivity index (χ3v) is 8.08. The van der Waals surface area contributed by atoms with Crippen LogP contribution in [0.15, 0.2) is 59.8 Å². The van der Waals surface area contributed by atoms with Gasteiger partial charge in [-0.05, 0) is 46.4 Å². The van der Waals surface area contributed by atoms with E-state index in [1.165, 1.54) is 18.2 Å². The van der Waals surface area contributed by atoms with E-state index in [0.717, 1.165) is 11.5 Å². The molecule has 3 aromatic carbocycles. The van der Waals surface area contributed by atoms with Crippen LogP contribution in [0, 0.1) is 5.92 Å². The van der Waals surface area contributed by atoms with Crippen molar-refractivity contribution in [2.45, 2.75) is 24.6 Å². The van der Waals surface area contributed by atoms with Crippen molar-refractivity contribution in [1.29, 1.82) is 0 Å². The van der Waals surface area contributed by atoms with Crippen molar-refractivity contribution in [1.82, 2.24) is 0 Å². The van der Waals surface area contributed by atoms with Crippen molar-refractivity contribution in [3.63, 3.8) is 0 Å². The standard InChI is InChI=1S/C25H18Cl2F3NO2S/c26-16-8-15(9-17(27)10-16)24(25(28,29)30)11-22(31-33-24)20-5-1-4-19-18(20)3-2-6-21(19)23(32)7-14-12-34-13-14/h1-6,8-10,14H,7,11-13H2. The Morgan fingerprint density at radius 3 is 2.38 bits per heavy atom. The molecule has 0 aliphatic carbocycles. The van der Waals surface area contributed by atoms with E-state index in [-0.39, 0.29) is 27.1 Å². The number of hydrogen-bond donors (Lipinski definition) is 0. The summed E-state index contributed by atoms with van der Waals surface area (Å²) in [6.07, 6.45) is -4.87. The molecule has 0 radical (unpaired) electrons. The van der Waals surface area contributed by atoms with Gasteiger partial charge in [0, 0.05) is 39.6 Å². The van der Waals surface area contributed by atoms with Gasteiger partial charge in [0.05, 0.1) is 5.71 Å². The van der Waals surface area contributed by atoms with Gasteiger partial charge in [-0.25, -0.2) is 0 Å². The Hall–Kier alpha value is -2.22. The van der Waals surface area contributed by atoms with Crippen LogP contribution in [0.1, 0.15) is 34.3 Å². The van der Waals surface area contributed by atoms with Gasteiger partial charge < -0.3 is 4.84 Å². The smallest absolute Gasteiger partial charge is 0.374 e. The number of nitrogens with zero attached hydrogens (tertiary/aromatic N) is 1. The van der Waals surface area contributed by atoms with E-state index in [9.17, 15) is 18.0 Å². The fourth-order valence-corrected chi connectivity index (χ4v) is 5.75. The van der Waals surface area contributed by atoms with Crippen LogP contribution in [0.5, 0.6) is 0 Å². The Kier molecular flexibility index (Phi) is 6.07. The predicted molar refractivity (Wildman–Crippen MR) is 130 cm³/mol. The zero-order valence-electron chi connectivity index (χ0n) is 17.7. The summed E-state index contributed by atoms with van der Waals surface area (Å²) < 4.78 is 43.1. The Bertz CT molecular complexity index is 1300. The highest BCUT2D eigenvalue weighted by Crippen LogP contribution is 2.50. The Labute approximate surface area is 208 Å². The maximum atomic E-state index is 14.4. The number of oxime groups is 1. The molecule has 0 spiro atoms. The largest absolute Gasteiger partial charge is 0.435 e. The van der Waals surface area contributed by atoms with Gasteiger partial charge >= 0.3 is 6.18 Å². The molecule has 176 valence electrons. The number of benzene rings is 3. The van der Waals surface area contributed by atoms with Crippen LogP contribution in [0.2, 0.25) is 10.0 Å². The lowest BCUT2D eigenvalue weighted by Gasteiger charge is -2.29. The molecule has 9 heteroatoms. The molecule has 3 aromatic rings. The first-order valence-electron chi connectivity index (χ1n) is 10.6. The molecule has 3 nitrogen and oxygen atoms in total. The number of fused-ring (bicyclic) bond motifs is 1. The Morgan fingerprint density at radius 2 is 1.74 bits per heavy atom. The van der Waals surface area contributed by atoms with Crippen LogP contribution in [0.4, 0.5) is 13.2 Å². The van der Waals surface area contributed by atoms with E-state index in [2.05, 4.69) is 5.16 Å². The quantitative estimate of drug-likeness (QED) is 0.322. The van der Waals surface area contributed by atoms with E-state index < -0.39 is 18.2 Å². The molecule has 2 heterocycles. The molecule has 34 heavy (non-hydrogen) atoms. The van der Waals surface area contributed by atoms with Crippen LogP contribution in [-0.2, 0) is 10.4 Å². The summed E-state index contributed by atoms with van der Waals surface area (Å²) in [7, 11) is 0. The zero-order valence-corrected chi connectivity index (χ0v) is 20.0. The van der Waals surface area contributed by atoms with Gasteiger partial charge in [0.2, 0.25) is 0 Å². The predicted octanol–water partition coefficient (Wildman–Crippen LogP) is 7.66. The number of rotatable bonds is 5. The normalized spacial score (nSPS) is 20.7. The van der Waals surface area contributed by atoms with E-state index >= 15 is 0 Å². The second-order valence-corrected chi connectivity index (χ2v) is 10.5. The molecule has 1 unspecified atom stereocenters. The summed E-state index contributed by atoms with van der Waals surface area (Å²) in [6.45, 7) is 0. The number of halogens is 5. The Morgan fingerprint density at radius 1 is 1.06 bits per heavy atom. The molecule has 5 rings (SSSR count). The summed E-state index contributed by atoms with van der Waals surface area (Å²) in [6, 6.07) is 14.3. The molecular formula is C25H18Cl2F3NO2S. The minimum atomic E-state index is -4.78. The summed E-state index contributed by atoms with van der Waals surface area (Å²) >= 11 is 13.8. The van der Waals surface area contributed by atoms with Crippen molar-refractivity contribution in [3.05, 3.63) is 81.3 Å². The lowest BCUT2D eigenvalue weighted by Crippen LogP contribution is -2.42. The van der Waals surface area contributed by atoms with E-state index in [4.69, 9.17) is 28.0 Å². The fourth-order valence-electron chi connectivity index (χ4n) is 4.41. The number of carbonyl (C=O) groups excluding carboxylic acids is 1. The maximum absolute atomic E-state index is 14.4. The highest BCUT2D eigenvalue weighted by Gasteiger charge is 2.62. The molecular weight excluding hydrogens is 506 g/mol. The average Bonchev–Trinajstić information content (AvgIpc) is 3.21. The molecule has 2 aliphatic heterocycles. The number of thioether (sulfide) groups is 1. The molecule has 0 N–H and O–H groups in total. The zero-order chi connectivity index (χ0) is 24.1. The SMILES string of the molecule is O=C(CC1CSC1)c1cccc2c(C3=NOC(c4cc(Cl)cc(Cl)c4)(C(F)(F)F)C3)cccc12. The maximum Gasteiger partial charge on any atom is 0.435 e. The molecule has 0 saturated carbocycles. The first-order chi connectivity index (χ1) is 16.2. The van der Waals surface area contributed by atoms with E-state index in [1.54, 1.807) is 30.3 Å². The van der Waals surface area contributed by atoms with E-state index in [0.29, 0.717) is 34.2 Å². The van der Waals surface area contributed by atoms with Crippen molar-refractivity contribution in [2.24, 2.45) is 11.1 Å². The van der Waals surface area contributed by atoms with Crippen LogP contribution < -0.4 is 0 Å². The average molecular weight is 524 g/mol. The second-order valence-electron chi connectivity index (χ2n) is 8.53. The summed E-state index contributed by atoms with van der Waals surface area (Å²) in [5.41, 5.74) is -1.73. The first kappa shape index (κ1) is 23.5. The molecule has 1 fully saturated rings. The van der Waals surface area contributed by atoms with E-state index in [1.807, 2.05) is 17.8 Å². The molecule has 0 amide bonds. The van der Waals surface area contributed by atoms with Crippen molar-refractivity contribution in [3.8, 4) is 0 Å². The number of Topliss-reactive ketones (excluding diaryl/α,β-unsaturated/α-hetero) is 1.